The average Bonchev–Trinajstić information content (AvgIpc) is 3.20. The van der Waals surface area contributed by atoms with E-state index in [4.69, 9.17) is 16.3 Å². The van der Waals surface area contributed by atoms with Crippen LogP contribution in [0, 0.1) is 19.7 Å². The van der Waals surface area contributed by atoms with Crippen LogP contribution in [0.1, 0.15) is 38.9 Å². The molecule has 174 valence electrons. The third-order valence-corrected chi connectivity index (χ3v) is 6.48. The van der Waals surface area contributed by atoms with E-state index in [9.17, 15) is 18.8 Å². The van der Waals surface area contributed by atoms with Crippen LogP contribution in [0.2, 0.25) is 5.02 Å². The fraction of sp³-hybridized carbons (Fsp3) is 0.167. The number of amides is 1. The number of nitrogens with one attached hydrogen (secondary N) is 1. The summed E-state index contributed by atoms with van der Waals surface area (Å²) >= 11 is 7.03. The van der Waals surface area contributed by atoms with Gasteiger partial charge in [-0.25, -0.2) is 9.18 Å². The zero-order valence-corrected chi connectivity index (χ0v) is 20.0. The Morgan fingerprint density at radius 2 is 1.97 bits per heavy atom. The molecule has 0 aliphatic heterocycles. The van der Waals surface area contributed by atoms with Crippen LogP contribution < -0.4 is 10.9 Å². The second-order valence-corrected chi connectivity index (χ2v) is 8.75. The van der Waals surface area contributed by atoms with Crippen LogP contribution in [-0.4, -0.2) is 28.3 Å². The van der Waals surface area contributed by atoms with E-state index in [0.717, 1.165) is 33.2 Å². The van der Waals surface area contributed by atoms with Gasteiger partial charge in [-0.2, -0.15) is 9.78 Å². The summed E-state index contributed by atoms with van der Waals surface area (Å²) in [6.07, 6.45) is 0. The molecule has 0 radical (unpaired) electrons. The summed E-state index contributed by atoms with van der Waals surface area (Å²) in [7, 11) is 0. The Balaban J connectivity index is 1.92. The molecular formula is C24H19ClFN3O4S. The highest BCUT2D eigenvalue weighted by atomic mass is 35.5. The summed E-state index contributed by atoms with van der Waals surface area (Å²) in [6.45, 7) is 5.60. The largest absolute Gasteiger partial charge is 0.461 e. The minimum atomic E-state index is -0.821. The van der Waals surface area contributed by atoms with Crippen molar-refractivity contribution in [2.24, 2.45) is 0 Å². The fourth-order valence-corrected chi connectivity index (χ4v) is 4.59. The van der Waals surface area contributed by atoms with Gasteiger partial charge in [-0.3, -0.25) is 9.59 Å². The van der Waals surface area contributed by atoms with Crippen LogP contribution >= 0.6 is 22.9 Å². The Kier molecular flexibility index (Phi) is 6.49. The minimum Gasteiger partial charge on any atom is -0.461 e. The topological polar surface area (TPSA) is 90.3 Å². The van der Waals surface area contributed by atoms with Gasteiger partial charge in [-0.15, -0.1) is 11.3 Å². The van der Waals surface area contributed by atoms with Crippen LogP contribution in [0.4, 0.5) is 9.39 Å². The lowest BCUT2D eigenvalue weighted by Gasteiger charge is -2.11. The average molecular weight is 500 g/mol. The van der Waals surface area contributed by atoms with Crippen molar-refractivity contribution in [3.05, 3.63) is 85.4 Å². The number of nitrogens with zero attached hydrogens (tertiary/aromatic N) is 2. The number of carbonyl (C=O) groups excluding carboxylic acids is 2. The molecule has 4 rings (SSSR count). The number of benzene rings is 2. The minimum absolute atomic E-state index is 0.0575. The van der Waals surface area contributed by atoms with Gasteiger partial charge in [0.1, 0.15) is 10.8 Å². The number of rotatable bonds is 5. The molecule has 0 spiro atoms. The first kappa shape index (κ1) is 23.6. The number of hydrogen-bond donors (Lipinski definition) is 1. The Morgan fingerprint density at radius 1 is 1.21 bits per heavy atom. The van der Waals surface area contributed by atoms with Gasteiger partial charge in [0, 0.05) is 10.8 Å². The van der Waals surface area contributed by atoms with Gasteiger partial charge in [0.15, 0.2) is 5.69 Å². The van der Waals surface area contributed by atoms with Gasteiger partial charge in [-0.1, -0.05) is 23.7 Å². The highest BCUT2D eigenvalue weighted by Gasteiger charge is 2.24. The molecule has 0 saturated carbocycles. The smallest absolute Gasteiger partial charge is 0.359 e. The van der Waals surface area contributed by atoms with Crippen LogP contribution in [0.25, 0.3) is 16.5 Å². The van der Waals surface area contributed by atoms with Crippen molar-refractivity contribution in [2.45, 2.75) is 20.8 Å². The van der Waals surface area contributed by atoms with Crippen molar-refractivity contribution in [2.75, 3.05) is 11.9 Å². The summed E-state index contributed by atoms with van der Waals surface area (Å²) < 4.78 is 20.5. The molecule has 0 atom stereocenters. The van der Waals surface area contributed by atoms with E-state index in [0.29, 0.717) is 5.69 Å². The quantitative estimate of drug-likeness (QED) is 0.377. The number of thiophene rings is 1. The van der Waals surface area contributed by atoms with Gasteiger partial charge in [0.25, 0.3) is 11.5 Å². The summed E-state index contributed by atoms with van der Waals surface area (Å²) in [6, 6.07) is 9.21. The SMILES string of the molecule is CCOC(=O)c1nn(-c2ccc(C)c(C)c2)c(=O)c2c(NC(=O)c3c(F)cccc3Cl)scc12. The number of esters is 1. The van der Waals surface area contributed by atoms with Gasteiger partial charge < -0.3 is 10.1 Å². The van der Waals surface area contributed by atoms with Gasteiger partial charge in [-0.05, 0) is 56.2 Å². The Labute approximate surface area is 202 Å². The van der Waals surface area contributed by atoms with Crippen molar-refractivity contribution in [3.63, 3.8) is 0 Å². The van der Waals surface area contributed by atoms with Crippen molar-refractivity contribution in [1.29, 1.82) is 0 Å². The summed E-state index contributed by atoms with van der Waals surface area (Å²) in [4.78, 5) is 39.0. The highest BCUT2D eigenvalue weighted by Crippen LogP contribution is 2.32. The van der Waals surface area contributed by atoms with Gasteiger partial charge >= 0.3 is 5.97 Å². The van der Waals surface area contributed by atoms with Gasteiger partial charge in [0.2, 0.25) is 0 Å². The van der Waals surface area contributed by atoms with Crippen LogP contribution in [0.5, 0.6) is 0 Å². The van der Waals surface area contributed by atoms with Gasteiger partial charge in [0.05, 0.1) is 28.3 Å². The zero-order valence-electron chi connectivity index (χ0n) is 18.4. The standard InChI is InChI=1S/C24H19ClFN3O4S/c1-4-33-24(32)20-15-11-34-22(27-21(30)19-16(25)6-5-7-17(19)26)18(15)23(31)29(28-20)14-9-8-12(2)13(3)10-14/h5-11H,4H2,1-3H3,(H,27,30). The van der Waals surface area contributed by atoms with Crippen molar-refractivity contribution < 1.29 is 18.7 Å². The first-order valence-corrected chi connectivity index (χ1v) is 11.5. The number of carbonyl (C=O) groups is 2. The second-order valence-electron chi connectivity index (χ2n) is 7.46. The number of anilines is 1. The molecule has 10 heteroatoms. The lowest BCUT2D eigenvalue weighted by Crippen LogP contribution is -2.26. The Morgan fingerprint density at radius 3 is 2.65 bits per heavy atom. The number of aryl methyl sites for hydroxylation is 2. The molecule has 2 aromatic heterocycles. The molecule has 4 aromatic rings. The molecule has 1 N–H and O–H groups in total. The van der Waals surface area contributed by atoms with E-state index in [1.165, 1.54) is 17.5 Å². The molecule has 1 amide bonds. The maximum absolute atomic E-state index is 14.3. The molecule has 0 saturated heterocycles. The van der Waals surface area contributed by atoms with E-state index in [-0.39, 0.29) is 38.7 Å². The maximum atomic E-state index is 14.3. The normalized spacial score (nSPS) is 11.0. The van der Waals surface area contributed by atoms with Crippen LogP contribution in [-0.2, 0) is 4.74 Å². The predicted molar refractivity (Wildman–Crippen MR) is 130 cm³/mol. The Bertz CT molecular complexity index is 1490. The zero-order chi connectivity index (χ0) is 24.6. The molecule has 34 heavy (non-hydrogen) atoms. The molecule has 2 heterocycles. The molecule has 2 aromatic carbocycles. The molecular weight excluding hydrogens is 481 g/mol. The first-order valence-electron chi connectivity index (χ1n) is 10.3. The van der Waals surface area contributed by atoms with E-state index >= 15 is 0 Å². The molecule has 0 aliphatic rings. The van der Waals surface area contributed by atoms with Crippen molar-refractivity contribution in [3.8, 4) is 5.69 Å². The van der Waals surface area contributed by atoms with E-state index in [1.807, 2.05) is 19.9 Å². The lowest BCUT2D eigenvalue weighted by atomic mass is 10.1. The molecule has 0 fully saturated rings. The number of hydrogen-bond acceptors (Lipinski definition) is 6. The summed E-state index contributed by atoms with van der Waals surface area (Å²) in [5.41, 5.74) is 1.42. The molecule has 0 bridgehead atoms. The number of ether oxygens (including phenoxy) is 1. The number of halogens is 2. The monoisotopic (exact) mass is 499 g/mol. The third-order valence-electron chi connectivity index (χ3n) is 5.27. The van der Waals surface area contributed by atoms with Crippen LogP contribution in [0.3, 0.4) is 0 Å². The first-order chi connectivity index (χ1) is 16.2. The third kappa shape index (κ3) is 4.20. The summed E-state index contributed by atoms with van der Waals surface area (Å²) in [5.74, 6) is -2.33. The van der Waals surface area contributed by atoms with Crippen molar-refractivity contribution in [1.82, 2.24) is 9.78 Å². The van der Waals surface area contributed by atoms with Crippen molar-refractivity contribution >= 4 is 50.6 Å². The lowest BCUT2D eigenvalue weighted by molar-refractivity contribution is 0.0520. The molecule has 0 unspecified atom stereocenters. The summed E-state index contributed by atoms with van der Waals surface area (Å²) in [5, 5.41) is 8.72. The van der Waals surface area contributed by atoms with E-state index < -0.39 is 23.3 Å². The molecule has 7 nitrogen and oxygen atoms in total. The Hall–Kier alpha value is -3.56. The van der Waals surface area contributed by atoms with E-state index in [2.05, 4.69) is 10.4 Å². The highest BCUT2D eigenvalue weighted by molar-refractivity contribution is 7.16. The van der Waals surface area contributed by atoms with Crippen LogP contribution in [0.15, 0.2) is 46.6 Å². The molecule has 0 aliphatic carbocycles. The second kappa shape index (κ2) is 9.36. The maximum Gasteiger partial charge on any atom is 0.359 e. The number of fused-ring (bicyclic) bond motifs is 1. The van der Waals surface area contributed by atoms with E-state index in [1.54, 1.807) is 19.1 Å². The fourth-order valence-electron chi connectivity index (χ4n) is 3.40. The number of aromatic nitrogens is 2. The predicted octanol–water partition coefficient (Wildman–Crippen LogP) is 5.29.